The SMILES string of the molecule is O=C(/C=C/c1cccc2cccnc12)OCc1coc(-c2cccs2)n1. The smallest absolute Gasteiger partial charge is 0.331 e. The van der Waals surface area contributed by atoms with Crippen molar-refractivity contribution < 1.29 is 13.9 Å². The van der Waals surface area contributed by atoms with E-state index in [1.165, 1.54) is 23.7 Å². The van der Waals surface area contributed by atoms with Crippen LogP contribution in [0.5, 0.6) is 0 Å². The molecule has 3 aromatic heterocycles. The van der Waals surface area contributed by atoms with Gasteiger partial charge in [-0.15, -0.1) is 11.3 Å². The zero-order valence-electron chi connectivity index (χ0n) is 13.7. The lowest BCUT2D eigenvalue weighted by atomic mass is 10.1. The van der Waals surface area contributed by atoms with E-state index in [2.05, 4.69) is 9.97 Å². The van der Waals surface area contributed by atoms with E-state index in [9.17, 15) is 4.79 Å². The molecule has 0 atom stereocenters. The zero-order chi connectivity index (χ0) is 17.8. The van der Waals surface area contributed by atoms with E-state index in [4.69, 9.17) is 9.15 Å². The third-order valence-electron chi connectivity index (χ3n) is 3.71. The number of benzene rings is 1. The number of thiophene rings is 1. The van der Waals surface area contributed by atoms with Crippen molar-refractivity contribution in [3.8, 4) is 10.8 Å². The van der Waals surface area contributed by atoms with Crippen molar-refractivity contribution in [2.75, 3.05) is 0 Å². The molecule has 4 rings (SSSR count). The first-order chi connectivity index (χ1) is 12.8. The number of carbonyl (C=O) groups excluding carboxylic acids is 1. The largest absolute Gasteiger partial charge is 0.456 e. The molecular formula is C20H14N2O3S. The highest BCUT2D eigenvalue weighted by molar-refractivity contribution is 7.13. The number of hydrogen-bond acceptors (Lipinski definition) is 6. The van der Waals surface area contributed by atoms with Gasteiger partial charge in [0.15, 0.2) is 0 Å². The average molecular weight is 362 g/mol. The van der Waals surface area contributed by atoms with Crippen molar-refractivity contribution in [3.63, 3.8) is 0 Å². The number of rotatable bonds is 5. The van der Waals surface area contributed by atoms with E-state index < -0.39 is 5.97 Å². The third-order valence-corrected chi connectivity index (χ3v) is 4.57. The van der Waals surface area contributed by atoms with Gasteiger partial charge < -0.3 is 9.15 Å². The number of pyridine rings is 1. The van der Waals surface area contributed by atoms with Crippen molar-refractivity contribution in [1.82, 2.24) is 9.97 Å². The molecule has 1 aromatic carbocycles. The number of fused-ring (bicyclic) bond motifs is 1. The first-order valence-electron chi connectivity index (χ1n) is 7.96. The lowest BCUT2D eigenvalue weighted by Crippen LogP contribution is -2.01. The van der Waals surface area contributed by atoms with Crippen LogP contribution in [0.2, 0.25) is 0 Å². The molecule has 5 nitrogen and oxygen atoms in total. The van der Waals surface area contributed by atoms with Gasteiger partial charge in [-0.2, -0.15) is 0 Å². The lowest BCUT2D eigenvalue weighted by molar-refractivity contribution is -0.139. The molecule has 6 heteroatoms. The normalized spacial score (nSPS) is 11.2. The predicted molar refractivity (Wildman–Crippen MR) is 100 cm³/mol. The van der Waals surface area contributed by atoms with Crippen molar-refractivity contribution in [3.05, 3.63) is 77.6 Å². The maximum absolute atomic E-state index is 12.0. The Labute approximate surface area is 153 Å². The van der Waals surface area contributed by atoms with Crippen LogP contribution in [-0.2, 0) is 16.1 Å². The van der Waals surface area contributed by atoms with E-state index in [-0.39, 0.29) is 6.61 Å². The Morgan fingerprint density at radius 2 is 2.12 bits per heavy atom. The van der Waals surface area contributed by atoms with Gasteiger partial charge in [-0.3, -0.25) is 4.98 Å². The molecule has 4 aromatic rings. The number of carbonyl (C=O) groups is 1. The monoisotopic (exact) mass is 362 g/mol. The fourth-order valence-corrected chi connectivity index (χ4v) is 3.16. The number of ether oxygens (including phenoxy) is 1. The molecule has 0 aliphatic carbocycles. The van der Waals surface area contributed by atoms with Crippen LogP contribution >= 0.6 is 11.3 Å². The highest BCUT2D eigenvalue weighted by Crippen LogP contribution is 2.23. The van der Waals surface area contributed by atoms with Gasteiger partial charge in [0.05, 0.1) is 10.4 Å². The van der Waals surface area contributed by atoms with E-state index in [1.807, 2.05) is 47.8 Å². The van der Waals surface area contributed by atoms with Crippen LogP contribution in [0, 0.1) is 0 Å². The van der Waals surface area contributed by atoms with E-state index >= 15 is 0 Å². The summed E-state index contributed by atoms with van der Waals surface area (Å²) in [6, 6.07) is 13.5. The predicted octanol–water partition coefficient (Wildman–Crippen LogP) is 4.71. The second kappa shape index (κ2) is 7.33. The molecule has 0 N–H and O–H groups in total. The van der Waals surface area contributed by atoms with Gasteiger partial charge in [0, 0.05) is 23.2 Å². The van der Waals surface area contributed by atoms with Crippen molar-refractivity contribution in [2.24, 2.45) is 0 Å². The van der Waals surface area contributed by atoms with E-state index in [0.29, 0.717) is 11.6 Å². The van der Waals surface area contributed by atoms with Gasteiger partial charge in [0.1, 0.15) is 18.6 Å². The van der Waals surface area contributed by atoms with Crippen LogP contribution in [0.15, 0.2) is 70.8 Å². The Bertz CT molecular complexity index is 1060. The molecule has 0 saturated carbocycles. The highest BCUT2D eigenvalue weighted by atomic mass is 32.1. The molecule has 26 heavy (non-hydrogen) atoms. The second-order valence-corrected chi connectivity index (χ2v) is 6.43. The molecule has 0 aliphatic heterocycles. The van der Waals surface area contributed by atoms with Crippen molar-refractivity contribution >= 4 is 34.3 Å². The summed E-state index contributed by atoms with van der Waals surface area (Å²) in [7, 11) is 0. The van der Waals surface area contributed by atoms with Crippen LogP contribution in [0.1, 0.15) is 11.3 Å². The third kappa shape index (κ3) is 3.55. The van der Waals surface area contributed by atoms with Crippen LogP contribution in [0.4, 0.5) is 0 Å². The van der Waals surface area contributed by atoms with Crippen molar-refractivity contribution in [1.29, 1.82) is 0 Å². The Balaban J connectivity index is 1.40. The van der Waals surface area contributed by atoms with Crippen LogP contribution < -0.4 is 0 Å². The van der Waals surface area contributed by atoms with Gasteiger partial charge in [-0.25, -0.2) is 9.78 Å². The number of para-hydroxylation sites is 1. The quantitative estimate of drug-likeness (QED) is 0.380. The Hall–Kier alpha value is -3.25. The summed E-state index contributed by atoms with van der Waals surface area (Å²) in [5.74, 6) is 0.0852. The minimum Gasteiger partial charge on any atom is -0.456 e. The van der Waals surface area contributed by atoms with Crippen LogP contribution in [-0.4, -0.2) is 15.9 Å². The number of nitrogens with zero attached hydrogens (tertiary/aromatic N) is 2. The molecule has 0 saturated heterocycles. The van der Waals surface area contributed by atoms with Gasteiger partial charge in [-0.05, 0) is 23.6 Å². The topological polar surface area (TPSA) is 65.2 Å². The first kappa shape index (κ1) is 16.2. The minimum absolute atomic E-state index is 0.0613. The number of aromatic nitrogens is 2. The fraction of sp³-hybridized carbons (Fsp3) is 0.0500. The highest BCUT2D eigenvalue weighted by Gasteiger charge is 2.09. The summed E-state index contributed by atoms with van der Waals surface area (Å²) >= 11 is 1.54. The summed E-state index contributed by atoms with van der Waals surface area (Å²) in [4.78, 5) is 21.6. The lowest BCUT2D eigenvalue weighted by Gasteiger charge is -2.01. The summed E-state index contributed by atoms with van der Waals surface area (Å²) in [6.07, 6.45) is 6.33. The summed E-state index contributed by atoms with van der Waals surface area (Å²) < 4.78 is 10.6. The Morgan fingerprint density at radius 1 is 1.19 bits per heavy atom. The van der Waals surface area contributed by atoms with E-state index in [0.717, 1.165) is 21.3 Å². The zero-order valence-corrected chi connectivity index (χ0v) is 14.5. The average Bonchev–Trinajstić information content (AvgIpc) is 3.36. The summed E-state index contributed by atoms with van der Waals surface area (Å²) in [6.45, 7) is 0.0613. The molecule has 128 valence electrons. The molecule has 0 radical (unpaired) electrons. The first-order valence-corrected chi connectivity index (χ1v) is 8.84. The maximum Gasteiger partial charge on any atom is 0.331 e. The second-order valence-electron chi connectivity index (χ2n) is 5.48. The van der Waals surface area contributed by atoms with Gasteiger partial charge >= 0.3 is 5.97 Å². The van der Waals surface area contributed by atoms with Crippen LogP contribution in [0.25, 0.3) is 27.7 Å². The Morgan fingerprint density at radius 3 is 3.00 bits per heavy atom. The molecular weight excluding hydrogens is 348 g/mol. The molecule has 0 bridgehead atoms. The Kier molecular flexibility index (Phi) is 4.57. The fourth-order valence-electron chi connectivity index (χ4n) is 2.50. The number of esters is 1. The summed E-state index contributed by atoms with van der Waals surface area (Å²) in [5.41, 5.74) is 2.28. The van der Waals surface area contributed by atoms with E-state index in [1.54, 1.807) is 12.3 Å². The number of hydrogen-bond donors (Lipinski definition) is 0. The number of oxazole rings is 1. The maximum atomic E-state index is 12.0. The molecule has 0 aliphatic rings. The molecule has 0 unspecified atom stereocenters. The molecule has 0 fully saturated rings. The van der Waals surface area contributed by atoms with Crippen LogP contribution in [0.3, 0.4) is 0 Å². The van der Waals surface area contributed by atoms with Crippen molar-refractivity contribution in [2.45, 2.75) is 6.61 Å². The summed E-state index contributed by atoms with van der Waals surface area (Å²) in [5, 5.41) is 2.97. The molecule has 0 spiro atoms. The van der Waals surface area contributed by atoms with Gasteiger partial charge in [-0.1, -0.05) is 30.3 Å². The molecule has 3 heterocycles. The van der Waals surface area contributed by atoms with Gasteiger partial charge in [0.25, 0.3) is 0 Å². The molecule has 0 amide bonds. The van der Waals surface area contributed by atoms with Gasteiger partial charge in [0.2, 0.25) is 5.89 Å². The minimum atomic E-state index is -0.446. The standard InChI is InChI=1S/C20H14N2O3S/c23-18(9-8-15-5-1-4-14-6-2-10-21-19(14)15)24-12-16-13-25-20(22-16)17-7-3-11-26-17/h1-11,13H,12H2/b9-8+.